The first kappa shape index (κ1) is 15.5. The van der Waals surface area contributed by atoms with Crippen molar-refractivity contribution in [3.05, 3.63) is 70.6 Å². The smallest absolute Gasteiger partial charge is 0.262 e. The molecule has 116 valence electrons. The molecule has 6 heteroatoms. The molecule has 0 radical (unpaired) electrons. The highest BCUT2D eigenvalue weighted by atomic mass is 127. The van der Waals surface area contributed by atoms with E-state index in [1.807, 2.05) is 60.8 Å². The number of aromatic nitrogens is 2. The number of hydrogen-bond donors (Lipinski definition) is 1. The number of carbonyl (C=O) groups excluding carboxylic acids is 1. The lowest BCUT2D eigenvalue weighted by atomic mass is 10.3. The van der Waals surface area contributed by atoms with Crippen LogP contribution in [-0.2, 0) is 4.79 Å². The van der Waals surface area contributed by atoms with Gasteiger partial charge in [0, 0.05) is 21.7 Å². The molecule has 1 N–H and O–H groups in total. The predicted octanol–water partition coefficient (Wildman–Crippen LogP) is 3.49. The van der Waals surface area contributed by atoms with Gasteiger partial charge in [0.15, 0.2) is 6.61 Å². The van der Waals surface area contributed by atoms with Crippen LogP contribution < -0.4 is 10.1 Å². The van der Waals surface area contributed by atoms with E-state index in [0.717, 1.165) is 14.9 Å². The number of carbonyl (C=O) groups is 1. The molecule has 1 aromatic heterocycles. The maximum absolute atomic E-state index is 11.9. The number of amides is 1. The van der Waals surface area contributed by atoms with Crippen molar-refractivity contribution in [1.29, 1.82) is 0 Å². The molecule has 0 aliphatic carbocycles. The Hall–Kier alpha value is -2.35. The lowest BCUT2D eigenvalue weighted by Crippen LogP contribution is -2.20. The van der Waals surface area contributed by atoms with Gasteiger partial charge in [-0.15, -0.1) is 0 Å². The summed E-state index contributed by atoms with van der Waals surface area (Å²) in [5.41, 5.74) is 1.65. The van der Waals surface area contributed by atoms with E-state index in [1.54, 1.807) is 10.9 Å². The van der Waals surface area contributed by atoms with E-state index in [4.69, 9.17) is 4.74 Å². The Labute approximate surface area is 147 Å². The first-order valence-corrected chi connectivity index (χ1v) is 8.07. The molecule has 0 spiro atoms. The molecular weight excluding hydrogens is 405 g/mol. The number of halogens is 1. The van der Waals surface area contributed by atoms with Gasteiger partial charge >= 0.3 is 0 Å². The molecule has 0 fully saturated rings. The topological polar surface area (TPSA) is 56.1 Å². The Morgan fingerprint density at radius 2 is 1.87 bits per heavy atom. The molecule has 0 aliphatic rings. The average molecular weight is 419 g/mol. The van der Waals surface area contributed by atoms with E-state index in [9.17, 15) is 4.79 Å². The fourth-order valence-corrected chi connectivity index (χ4v) is 2.36. The quantitative estimate of drug-likeness (QED) is 0.645. The van der Waals surface area contributed by atoms with Crippen LogP contribution in [0.5, 0.6) is 5.75 Å². The van der Waals surface area contributed by atoms with Crippen molar-refractivity contribution in [2.24, 2.45) is 0 Å². The summed E-state index contributed by atoms with van der Waals surface area (Å²) in [6, 6.07) is 16.9. The van der Waals surface area contributed by atoms with Crippen LogP contribution in [0.3, 0.4) is 0 Å². The highest BCUT2D eigenvalue weighted by Gasteiger charge is 2.04. The fraction of sp³-hybridized carbons (Fsp3) is 0.0588. The van der Waals surface area contributed by atoms with E-state index in [1.165, 1.54) is 0 Å². The Balaban J connectivity index is 1.54. The summed E-state index contributed by atoms with van der Waals surface area (Å²) < 4.78 is 8.33. The predicted molar refractivity (Wildman–Crippen MR) is 96.8 cm³/mol. The Morgan fingerprint density at radius 1 is 1.13 bits per heavy atom. The second-order valence-corrected chi connectivity index (χ2v) is 6.03. The molecule has 1 heterocycles. The standard InChI is InChI=1S/C17H14IN3O2/c18-13-2-8-16(9-3-13)23-12-17(22)20-14-4-6-15(7-5-14)21-11-1-10-19-21/h1-11H,12H2,(H,20,22). The van der Waals surface area contributed by atoms with Crippen molar-refractivity contribution in [1.82, 2.24) is 9.78 Å². The van der Waals surface area contributed by atoms with Gasteiger partial charge in [0.05, 0.1) is 5.69 Å². The Kier molecular flexibility index (Phi) is 4.92. The summed E-state index contributed by atoms with van der Waals surface area (Å²) in [4.78, 5) is 11.9. The van der Waals surface area contributed by atoms with Crippen molar-refractivity contribution in [2.45, 2.75) is 0 Å². The van der Waals surface area contributed by atoms with Gasteiger partial charge in [0.2, 0.25) is 0 Å². The van der Waals surface area contributed by atoms with E-state index < -0.39 is 0 Å². The monoisotopic (exact) mass is 419 g/mol. The van der Waals surface area contributed by atoms with Crippen LogP contribution in [0.1, 0.15) is 0 Å². The zero-order valence-electron chi connectivity index (χ0n) is 12.1. The third kappa shape index (κ3) is 4.32. The summed E-state index contributed by atoms with van der Waals surface area (Å²) in [6.45, 7) is -0.0263. The number of anilines is 1. The second kappa shape index (κ2) is 7.28. The molecule has 0 aliphatic heterocycles. The van der Waals surface area contributed by atoms with Crippen molar-refractivity contribution in [3.63, 3.8) is 0 Å². The number of rotatable bonds is 5. The zero-order chi connectivity index (χ0) is 16.1. The van der Waals surface area contributed by atoms with Crippen molar-refractivity contribution in [2.75, 3.05) is 11.9 Å². The minimum Gasteiger partial charge on any atom is -0.484 e. The Morgan fingerprint density at radius 3 is 2.52 bits per heavy atom. The molecule has 3 aromatic rings. The number of ether oxygens (including phenoxy) is 1. The average Bonchev–Trinajstić information content (AvgIpc) is 3.09. The van der Waals surface area contributed by atoms with E-state index in [2.05, 4.69) is 33.0 Å². The Bertz CT molecular complexity index is 769. The van der Waals surface area contributed by atoms with Crippen molar-refractivity contribution in [3.8, 4) is 11.4 Å². The van der Waals surface area contributed by atoms with Gasteiger partial charge in [-0.2, -0.15) is 5.10 Å². The number of nitrogens with zero attached hydrogens (tertiary/aromatic N) is 2. The van der Waals surface area contributed by atoms with Gasteiger partial charge in [-0.05, 0) is 77.2 Å². The van der Waals surface area contributed by atoms with Gasteiger partial charge in [0.1, 0.15) is 5.75 Å². The summed E-state index contributed by atoms with van der Waals surface area (Å²) in [7, 11) is 0. The van der Waals surface area contributed by atoms with Gasteiger partial charge in [-0.3, -0.25) is 4.79 Å². The van der Waals surface area contributed by atoms with Gasteiger partial charge < -0.3 is 10.1 Å². The SMILES string of the molecule is O=C(COc1ccc(I)cc1)Nc1ccc(-n2cccn2)cc1. The van der Waals surface area contributed by atoms with Crippen molar-refractivity contribution < 1.29 is 9.53 Å². The molecule has 0 saturated heterocycles. The van der Waals surface area contributed by atoms with Crippen molar-refractivity contribution >= 4 is 34.2 Å². The van der Waals surface area contributed by atoms with Crippen LogP contribution in [0.2, 0.25) is 0 Å². The van der Waals surface area contributed by atoms with Crippen LogP contribution in [0.4, 0.5) is 5.69 Å². The lowest BCUT2D eigenvalue weighted by Gasteiger charge is -2.08. The van der Waals surface area contributed by atoms with Crippen LogP contribution in [0.25, 0.3) is 5.69 Å². The molecule has 0 atom stereocenters. The second-order valence-electron chi connectivity index (χ2n) is 4.79. The maximum atomic E-state index is 11.9. The van der Waals surface area contributed by atoms with Gasteiger partial charge in [-0.25, -0.2) is 4.68 Å². The molecule has 5 nitrogen and oxygen atoms in total. The minimum absolute atomic E-state index is 0.0263. The molecular formula is C17H14IN3O2. The zero-order valence-corrected chi connectivity index (χ0v) is 14.3. The molecule has 0 saturated carbocycles. The molecule has 2 aromatic carbocycles. The van der Waals surface area contributed by atoms with E-state index in [0.29, 0.717) is 5.75 Å². The third-order valence-corrected chi connectivity index (χ3v) is 3.82. The lowest BCUT2D eigenvalue weighted by molar-refractivity contribution is -0.118. The first-order valence-electron chi connectivity index (χ1n) is 6.99. The van der Waals surface area contributed by atoms with Crippen LogP contribution in [0.15, 0.2) is 67.0 Å². The fourth-order valence-electron chi connectivity index (χ4n) is 2.00. The first-order chi connectivity index (χ1) is 11.2. The number of benzene rings is 2. The molecule has 23 heavy (non-hydrogen) atoms. The number of nitrogens with one attached hydrogen (secondary N) is 1. The molecule has 1 amide bonds. The molecule has 3 rings (SSSR count). The minimum atomic E-state index is -0.199. The third-order valence-electron chi connectivity index (χ3n) is 3.10. The van der Waals surface area contributed by atoms with Gasteiger partial charge in [0.25, 0.3) is 5.91 Å². The maximum Gasteiger partial charge on any atom is 0.262 e. The summed E-state index contributed by atoms with van der Waals surface area (Å²) in [5, 5.41) is 6.96. The van der Waals surface area contributed by atoms with Crippen LogP contribution >= 0.6 is 22.6 Å². The molecule has 0 unspecified atom stereocenters. The van der Waals surface area contributed by atoms with E-state index >= 15 is 0 Å². The van der Waals surface area contributed by atoms with Gasteiger partial charge in [-0.1, -0.05) is 0 Å². The molecule has 0 bridgehead atoms. The number of hydrogen-bond acceptors (Lipinski definition) is 3. The van der Waals surface area contributed by atoms with Crippen LogP contribution in [0, 0.1) is 3.57 Å². The van der Waals surface area contributed by atoms with E-state index in [-0.39, 0.29) is 12.5 Å². The largest absolute Gasteiger partial charge is 0.484 e. The summed E-state index contributed by atoms with van der Waals surface area (Å²) in [5.74, 6) is 0.477. The highest BCUT2D eigenvalue weighted by Crippen LogP contribution is 2.14. The summed E-state index contributed by atoms with van der Waals surface area (Å²) in [6.07, 6.45) is 3.58. The summed E-state index contributed by atoms with van der Waals surface area (Å²) >= 11 is 2.22. The van der Waals surface area contributed by atoms with Crippen LogP contribution in [-0.4, -0.2) is 22.3 Å². The normalized spacial score (nSPS) is 10.3. The highest BCUT2D eigenvalue weighted by molar-refractivity contribution is 14.1.